The fourth-order valence-electron chi connectivity index (χ4n) is 1.68. The van der Waals surface area contributed by atoms with Gasteiger partial charge in [0.2, 0.25) is 5.60 Å². The lowest BCUT2D eigenvalue weighted by atomic mass is 10.0. The molecule has 1 aromatic rings. The van der Waals surface area contributed by atoms with Crippen molar-refractivity contribution >= 4 is 24.0 Å². The molecule has 1 saturated heterocycles. The van der Waals surface area contributed by atoms with E-state index in [1.54, 1.807) is 36.0 Å². The first-order chi connectivity index (χ1) is 8.16. The van der Waals surface area contributed by atoms with E-state index in [0.29, 0.717) is 23.5 Å². The highest BCUT2D eigenvalue weighted by atomic mass is 32.2. The van der Waals surface area contributed by atoms with Crippen LogP contribution in [-0.4, -0.2) is 34.5 Å². The molecule has 1 atom stereocenters. The molecule has 90 valence electrons. The lowest BCUT2D eigenvalue weighted by Crippen LogP contribution is -2.44. The van der Waals surface area contributed by atoms with Gasteiger partial charge < -0.3 is 9.84 Å². The van der Waals surface area contributed by atoms with Crippen molar-refractivity contribution in [1.29, 1.82) is 0 Å². The maximum atomic E-state index is 11.3. The first kappa shape index (κ1) is 12.0. The Morgan fingerprint density at radius 1 is 1.41 bits per heavy atom. The number of carboxylic acid groups (broad SMARTS) is 1. The largest absolute Gasteiger partial charge is 0.478 e. The van der Waals surface area contributed by atoms with E-state index < -0.39 is 11.6 Å². The highest BCUT2D eigenvalue weighted by molar-refractivity contribution is 7.99. The van der Waals surface area contributed by atoms with Crippen molar-refractivity contribution in [2.24, 2.45) is 0 Å². The number of thioether (sulfide) groups is 1. The smallest absolute Gasteiger partial charge is 0.348 e. The Kier molecular flexibility index (Phi) is 3.38. The van der Waals surface area contributed by atoms with Gasteiger partial charge in [-0.2, -0.15) is 11.8 Å². The van der Waals surface area contributed by atoms with E-state index in [2.05, 4.69) is 0 Å². The van der Waals surface area contributed by atoms with Crippen LogP contribution in [0.1, 0.15) is 16.8 Å². The van der Waals surface area contributed by atoms with E-state index in [-0.39, 0.29) is 0 Å². The molecule has 0 aromatic heterocycles. The average Bonchev–Trinajstić information content (AvgIpc) is 2.80. The van der Waals surface area contributed by atoms with Gasteiger partial charge in [0.05, 0.1) is 0 Å². The lowest BCUT2D eigenvalue weighted by Gasteiger charge is -2.24. The van der Waals surface area contributed by atoms with Crippen LogP contribution in [0.2, 0.25) is 0 Å². The molecule has 0 radical (unpaired) electrons. The molecule has 1 aliphatic rings. The Hall–Kier alpha value is -1.49. The maximum absolute atomic E-state index is 11.3. The monoisotopic (exact) mass is 252 g/mol. The molecule has 0 saturated carbocycles. The average molecular weight is 252 g/mol. The Bertz CT molecular complexity index is 421. The Morgan fingerprint density at radius 2 is 2.12 bits per heavy atom. The second-order valence-electron chi connectivity index (χ2n) is 3.89. The number of ether oxygens (including phenoxy) is 1. The molecule has 1 aromatic carbocycles. The van der Waals surface area contributed by atoms with Gasteiger partial charge in [-0.05, 0) is 30.0 Å². The van der Waals surface area contributed by atoms with Gasteiger partial charge >= 0.3 is 5.97 Å². The summed E-state index contributed by atoms with van der Waals surface area (Å²) in [4.78, 5) is 21.8. The maximum Gasteiger partial charge on any atom is 0.348 e. The van der Waals surface area contributed by atoms with Crippen LogP contribution >= 0.6 is 11.8 Å². The van der Waals surface area contributed by atoms with E-state index in [1.165, 1.54) is 0 Å². The lowest BCUT2D eigenvalue weighted by molar-refractivity contribution is -0.152. The summed E-state index contributed by atoms with van der Waals surface area (Å²) in [6.07, 6.45) is 1.24. The van der Waals surface area contributed by atoms with E-state index in [4.69, 9.17) is 4.74 Å². The number of rotatable bonds is 4. The van der Waals surface area contributed by atoms with Crippen LogP contribution in [0.5, 0.6) is 5.75 Å². The zero-order chi connectivity index (χ0) is 12.3. The Balaban J connectivity index is 2.17. The predicted octanol–water partition coefficient (Wildman–Crippen LogP) is 1.84. The molecule has 1 unspecified atom stereocenters. The third-order valence-corrected chi connectivity index (χ3v) is 3.87. The second kappa shape index (κ2) is 4.79. The van der Waals surface area contributed by atoms with Crippen molar-refractivity contribution in [2.75, 3.05) is 11.5 Å². The molecule has 0 aliphatic carbocycles. The summed E-state index contributed by atoms with van der Waals surface area (Å²) < 4.78 is 5.59. The Labute approximate surface area is 103 Å². The number of aldehydes is 1. The van der Waals surface area contributed by atoms with E-state index >= 15 is 0 Å². The van der Waals surface area contributed by atoms with Gasteiger partial charge in [0, 0.05) is 17.7 Å². The molecular weight excluding hydrogens is 240 g/mol. The van der Waals surface area contributed by atoms with Gasteiger partial charge in [-0.1, -0.05) is 0 Å². The third-order valence-electron chi connectivity index (χ3n) is 2.70. The Morgan fingerprint density at radius 3 is 2.59 bits per heavy atom. The molecule has 0 amide bonds. The fraction of sp³-hybridized carbons (Fsp3) is 0.333. The number of hydrogen-bond acceptors (Lipinski definition) is 4. The minimum atomic E-state index is -1.12. The number of aliphatic carboxylic acids is 1. The van der Waals surface area contributed by atoms with Crippen LogP contribution in [0, 0.1) is 0 Å². The molecule has 4 nitrogen and oxygen atoms in total. The van der Waals surface area contributed by atoms with E-state index in [1.807, 2.05) is 0 Å². The van der Waals surface area contributed by atoms with Gasteiger partial charge in [-0.25, -0.2) is 4.79 Å². The van der Waals surface area contributed by atoms with Crippen molar-refractivity contribution < 1.29 is 19.4 Å². The van der Waals surface area contributed by atoms with Crippen LogP contribution in [0.4, 0.5) is 0 Å². The number of carbonyl (C=O) groups excluding carboxylic acids is 1. The van der Waals surface area contributed by atoms with Crippen molar-refractivity contribution in [3.63, 3.8) is 0 Å². The fourth-order valence-corrected chi connectivity index (χ4v) is 2.95. The molecule has 2 rings (SSSR count). The SMILES string of the molecule is O=Cc1ccc(OC2(C(=O)O)CCSC2)cc1. The molecule has 17 heavy (non-hydrogen) atoms. The van der Waals surface area contributed by atoms with Crippen molar-refractivity contribution in [3.8, 4) is 5.75 Å². The molecule has 1 fully saturated rings. The minimum absolute atomic E-state index is 0.456. The summed E-state index contributed by atoms with van der Waals surface area (Å²) in [7, 11) is 0. The van der Waals surface area contributed by atoms with Crippen LogP contribution in [-0.2, 0) is 4.79 Å². The topological polar surface area (TPSA) is 63.6 Å². The summed E-state index contributed by atoms with van der Waals surface area (Å²) in [5, 5.41) is 9.23. The summed E-state index contributed by atoms with van der Waals surface area (Å²) in [5.74, 6) is 0.804. The van der Waals surface area contributed by atoms with E-state index in [0.717, 1.165) is 12.0 Å². The van der Waals surface area contributed by atoms with Crippen molar-refractivity contribution in [3.05, 3.63) is 29.8 Å². The molecule has 0 spiro atoms. The standard InChI is InChI=1S/C12H12O4S/c13-7-9-1-3-10(4-2-9)16-12(11(14)15)5-6-17-8-12/h1-4,7H,5-6,8H2,(H,14,15). The first-order valence-corrected chi connectivity index (χ1v) is 6.37. The number of carboxylic acids is 1. The molecule has 1 aliphatic heterocycles. The zero-order valence-electron chi connectivity index (χ0n) is 9.09. The number of benzene rings is 1. The van der Waals surface area contributed by atoms with Crippen LogP contribution < -0.4 is 4.74 Å². The van der Waals surface area contributed by atoms with Crippen LogP contribution in [0.15, 0.2) is 24.3 Å². The second-order valence-corrected chi connectivity index (χ2v) is 5.00. The highest BCUT2D eigenvalue weighted by Crippen LogP contribution is 2.33. The highest BCUT2D eigenvalue weighted by Gasteiger charge is 2.44. The van der Waals surface area contributed by atoms with Gasteiger partial charge in [-0.15, -0.1) is 0 Å². The zero-order valence-corrected chi connectivity index (χ0v) is 9.90. The van der Waals surface area contributed by atoms with E-state index in [9.17, 15) is 14.7 Å². The first-order valence-electron chi connectivity index (χ1n) is 5.22. The van der Waals surface area contributed by atoms with Gasteiger partial charge in [-0.3, -0.25) is 4.79 Å². The third kappa shape index (κ3) is 2.44. The summed E-state index contributed by atoms with van der Waals surface area (Å²) in [6.45, 7) is 0. The van der Waals surface area contributed by atoms with Gasteiger partial charge in [0.1, 0.15) is 12.0 Å². The van der Waals surface area contributed by atoms with Gasteiger partial charge in [0.25, 0.3) is 0 Å². The van der Waals surface area contributed by atoms with Crippen LogP contribution in [0.25, 0.3) is 0 Å². The molecule has 0 bridgehead atoms. The number of carbonyl (C=O) groups is 2. The summed E-state index contributed by atoms with van der Waals surface area (Å²) in [5.41, 5.74) is -0.574. The molecular formula is C12H12O4S. The quantitative estimate of drug-likeness (QED) is 0.828. The normalized spacial score (nSPS) is 23.3. The van der Waals surface area contributed by atoms with Crippen molar-refractivity contribution in [2.45, 2.75) is 12.0 Å². The van der Waals surface area contributed by atoms with Crippen LogP contribution in [0.3, 0.4) is 0 Å². The van der Waals surface area contributed by atoms with Crippen molar-refractivity contribution in [1.82, 2.24) is 0 Å². The molecule has 1 N–H and O–H groups in total. The summed E-state index contributed by atoms with van der Waals surface area (Å²) in [6, 6.07) is 6.47. The van der Waals surface area contributed by atoms with Gasteiger partial charge in [0.15, 0.2) is 0 Å². The summed E-state index contributed by atoms with van der Waals surface area (Å²) >= 11 is 1.57. The molecule has 5 heteroatoms. The predicted molar refractivity (Wildman–Crippen MR) is 64.8 cm³/mol. The molecule has 1 heterocycles. The minimum Gasteiger partial charge on any atom is -0.478 e. The number of hydrogen-bond donors (Lipinski definition) is 1.